The molecule has 12 rings (SSSR count). The average Bonchev–Trinajstić information content (AvgIpc) is 3.88. The van der Waals surface area contributed by atoms with Crippen molar-refractivity contribution in [2.75, 3.05) is 0 Å². The second-order valence-corrected chi connectivity index (χ2v) is 15.1. The van der Waals surface area contributed by atoms with Gasteiger partial charge in [0.15, 0.2) is 0 Å². The van der Waals surface area contributed by atoms with Gasteiger partial charge in [-0.1, -0.05) is 115 Å². The van der Waals surface area contributed by atoms with Crippen LogP contribution >= 0.6 is 11.3 Å². The molecule has 0 spiro atoms. The van der Waals surface area contributed by atoms with Gasteiger partial charge in [0, 0.05) is 58.9 Å². The van der Waals surface area contributed by atoms with E-state index < -0.39 is 0 Å². The molecule has 0 bridgehead atoms. The van der Waals surface area contributed by atoms with Crippen LogP contribution in [0.2, 0.25) is 0 Å². The van der Waals surface area contributed by atoms with Gasteiger partial charge in [-0.3, -0.25) is 9.13 Å². The highest BCUT2D eigenvalue weighted by Gasteiger charge is 2.21. The summed E-state index contributed by atoms with van der Waals surface area (Å²) >= 11 is 1.83. The van der Waals surface area contributed by atoms with E-state index in [9.17, 15) is 0 Å². The molecule has 0 aliphatic heterocycles. The quantitative estimate of drug-likeness (QED) is 0.182. The van der Waals surface area contributed by atoms with E-state index in [-0.39, 0.29) is 0 Å². The summed E-state index contributed by atoms with van der Waals surface area (Å²) in [5, 5.41) is 8.34. The Morgan fingerprint density at radius 1 is 0.382 bits per heavy atom. The minimum atomic E-state index is 0.667. The lowest BCUT2D eigenvalue weighted by Gasteiger charge is -2.11. The van der Waals surface area contributed by atoms with Crippen molar-refractivity contribution < 1.29 is 0 Å². The first-order chi connectivity index (χ1) is 27.3. The number of aromatic nitrogens is 5. The molecule has 256 valence electrons. The number of para-hydroxylation sites is 3. The third kappa shape index (κ3) is 4.55. The molecule has 0 saturated carbocycles. The van der Waals surface area contributed by atoms with Crippen molar-refractivity contribution in [1.82, 2.24) is 24.1 Å². The Balaban J connectivity index is 1.11. The summed E-state index contributed by atoms with van der Waals surface area (Å²) in [5.41, 5.74) is 9.71. The van der Waals surface area contributed by atoms with Gasteiger partial charge in [-0.2, -0.15) is 0 Å². The molecule has 0 fully saturated rings. The van der Waals surface area contributed by atoms with Crippen molar-refractivity contribution in [2.24, 2.45) is 0 Å². The van der Waals surface area contributed by atoms with Gasteiger partial charge in [0.25, 0.3) is 0 Å². The fraction of sp³-hybridized carbons (Fsp3) is 0. The minimum absolute atomic E-state index is 0.667. The lowest BCUT2D eigenvalue weighted by Crippen LogP contribution is -2.03. The number of pyridine rings is 1. The first-order valence-corrected chi connectivity index (χ1v) is 19.3. The van der Waals surface area contributed by atoms with Gasteiger partial charge in [0.1, 0.15) is 5.82 Å². The summed E-state index contributed by atoms with van der Waals surface area (Å²) in [7, 11) is 0. The van der Waals surface area contributed by atoms with Crippen LogP contribution in [0.3, 0.4) is 0 Å². The van der Waals surface area contributed by atoms with Crippen LogP contribution in [0.25, 0.3) is 109 Å². The molecule has 0 N–H and O–H groups in total. The third-order valence-corrected chi connectivity index (χ3v) is 12.1. The highest BCUT2D eigenvalue weighted by molar-refractivity contribution is 7.26. The topological polar surface area (TPSA) is 48.5 Å². The number of hydrogen-bond donors (Lipinski definition) is 0. The van der Waals surface area contributed by atoms with Crippen molar-refractivity contribution in [1.29, 1.82) is 0 Å². The molecule has 55 heavy (non-hydrogen) atoms. The van der Waals surface area contributed by atoms with E-state index in [1.165, 1.54) is 47.3 Å². The molecular formula is C49H29N5S. The van der Waals surface area contributed by atoms with Crippen molar-refractivity contribution in [3.63, 3.8) is 0 Å². The van der Waals surface area contributed by atoms with E-state index in [0.717, 1.165) is 55.6 Å². The smallest absolute Gasteiger partial charge is 0.235 e. The lowest BCUT2D eigenvalue weighted by molar-refractivity contribution is 1.01. The predicted octanol–water partition coefficient (Wildman–Crippen LogP) is 12.9. The Kier molecular flexibility index (Phi) is 6.44. The van der Waals surface area contributed by atoms with Crippen molar-refractivity contribution in [2.45, 2.75) is 0 Å². The van der Waals surface area contributed by atoms with Crippen LogP contribution in [-0.2, 0) is 0 Å². The van der Waals surface area contributed by atoms with Crippen LogP contribution in [0.15, 0.2) is 176 Å². The molecule has 0 unspecified atom stereocenters. The molecular weight excluding hydrogens is 691 g/mol. The molecule has 7 aromatic carbocycles. The maximum absolute atomic E-state index is 5.31. The monoisotopic (exact) mass is 719 g/mol. The largest absolute Gasteiger partial charge is 0.294 e. The molecule has 5 aromatic heterocycles. The number of benzene rings is 7. The Hall–Kier alpha value is -7.15. The summed E-state index contributed by atoms with van der Waals surface area (Å²) in [6.07, 6.45) is 1.92. The average molecular weight is 720 g/mol. The Labute approximate surface area is 319 Å². The first-order valence-electron chi connectivity index (χ1n) is 18.4. The molecule has 0 atom stereocenters. The van der Waals surface area contributed by atoms with E-state index in [1.54, 1.807) is 0 Å². The fourth-order valence-electron chi connectivity index (χ4n) is 8.49. The van der Waals surface area contributed by atoms with E-state index in [0.29, 0.717) is 5.95 Å². The Morgan fingerprint density at radius 2 is 0.945 bits per heavy atom. The van der Waals surface area contributed by atoms with Gasteiger partial charge < -0.3 is 0 Å². The molecule has 0 radical (unpaired) electrons. The van der Waals surface area contributed by atoms with Gasteiger partial charge in [-0.15, -0.1) is 11.3 Å². The number of fused-ring (bicyclic) bond motifs is 10. The van der Waals surface area contributed by atoms with Crippen molar-refractivity contribution in [3.8, 4) is 34.2 Å². The van der Waals surface area contributed by atoms with E-state index >= 15 is 0 Å². The normalized spacial score (nSPS) is 12.0. The van der Waals surface area contributed by atoms with Crippen LogP contribution in [0, 0.1) is 0 Å². The van der Waals surface area contributed by atoms with Gasteiger partial charge in [0.05, 0.1) is 33.3 Å². The predicted molar refractivity (Wildman–Crippen MR) is 230 cm³/mol. The summed E-state index contributed by atoms with van der Waals surface area (Å²) in [6, 6.07) is 60.3. The van der Waals surface area contributed by atoms with Crippen molar-refractivity contribution >= 4 is 86.0 Å². The number of nitrogens with zero attached hydrogens (tertiary/aromatic N) is 5. The summed E-state index contributed by atoms with van der Waals surface area (Å²) < 4.78 is 7.03. The number of rotatable bonds is 4. The van der Waals surface area contributed by atoms with Crippen molar-refractivity contribution in [3.05, 3.63) is 176 Å². The third-order valence-electron chi connectivity index (χ3n) is 11.0. The first kappa shape index (κ1) is 30.3. The van der Waals surface area contributed by atoms with Crippen LogP contribution < -0.4 is 0 Å². The molecule has 0 saturated heterocycles. The molecule has 5 nitrogen and oxygen atoms in total. The van der Waals surface area contributed by atoms with Gasteiger partial charge in [-0.05, 0) is 65.7 Å². The summed E-state index contributed by atoms with van der Waals surface area (Å²) in [4.78, 5) is 15.4. The van der Waals surface area contributed by atoms with Gasteiger partial charge >= 0.3 is 0 Å². The van der Waals surface area contributed by atoms with E-state index in [4.69, 9.17) is 15.0 Å². The Morgan fingerprint density at radius 3 is 1.64 bits per heavy atom. The second-order valence-electron chi connectivity index (χ2n) is 14.1. The fourth-order valence-corrected chi connectivity index (χ4v) is 9.63. The van der Waals surface area contributed by atoms with Crippen LogP contribution in [0.4, 0.5) is 0 Å². The highest BCUT2D eigenvalue weighted by Crippen LogP contribution is 2.44. The standard InChI is InChI=1S/C49H29N5S/c1-3-13-30(14-4-1)32-23-24-50-47(25-32)53-41-21-11-8-17-33(41)36-26-38-39-27-37-34-18-9-12-22-42(34)54(44(37)29-46(39)55-45(38)28-43(36)53)49-51-40-20-10-7-19-35(40)48(52-49)31-15-5-2-6-16-31/h1-29H. The van der Waals surface area contributed by atoms with Crippen LogP contribution in [-0.4, -0.2) is 24.1 Å². The zero-order valence-corrected chi connectivity index (χ0v) is 30.2. The summed E-state index contributed by atoms with van der Waals surface area (Å²) in [6.45, 7) is 0. The maximum atomic E-state index is 5.31. The van der Waals surface area contributed by atoms with Gasteiger partial charge in [-0.25, -0.2) is 15.0 Å². The lowest BCUT2D eigenvalue weighted by atomic mass is 10.1. The minimum Gasteiger partial charge on any atom is -0.294 e. The molecule has 6 heteroatoms. The molecule has 5 heterocycles. The van der Waals surface area contributed by atoms with Crippen LogP contribution in [0.5, 0.6) is 0 Å². The highest BCUT2D eigenvalue weighted by atomic mass is 32.1. The SMILES string of the molecule is c1ccc(-c2ccnc(-n3c4ccccc4c4cc5c(cc43)sc3cc4c(cc35)c3ccccc3n4-c3nc(-c4ccccc4)c4ccccc4n3)c2)cc1. The van der Waals surface area contributed by atoms with E-state index in [2.05, 4.69) is 167 Å². The number of thiophene rings is 1. The Bertz CT molecular complexity index is 3490. The second kappa shape index (κ2) is 11.7. The number of hydrogen-bond acceptors (Lipinski definition) is 4. The maximum Gasteiger partial charge on any atom is 0.235 e. The summed E-state index contributed by atoms with van der Waals surface area (Å²) in [5.74, 6) is 1.57. The van der Waals surface area contributed by atoms with Crippen LogP contribution in [0.1, 0.15) is 0 Å². The molecule has 12 aromatic rings. The molecule has 0 aliphatic carbocycles. The zero-order valence-electron chi connectivity index (χ0n) is 29.4. The van der Waals surface area contributed by atoms with E-state index in [1.807, 2.05) is 29.7 Å². The van der Waals surface area contributed by atoms with Gasteiger partial charge in [0.2, 0.25) is 5.95 Å². The molecule has 0 amide bonds. The zero-order chi connectivity index (χ0) is 36.0. The molecule has 0 aliphatic rings.